The minimum Gasteiger partial charge on any atom is -0.311 e. The Morgan fingerprint density at radius 2 is 2.17 bits per heavy atom. The van der Waals surface area contributed by atoms with E-state index in [4.69, 9.17) is 0 Å². The van der Waals surface area contributed by atoms with Crippen LogP contribution in [0.15, 0.2) is 35.3 Å². The number of hydrogen-bond acceptors (Lipinski definition) is 3. The Morgan fingerprint density at radius 3 is 2.74 bits per heavy atom. The molecule has 0 spiro atoms. The molecule has 124 valence electrons. The number of amides is 1. The molecule has 0 aromatic carbocycles. The molecule has 0 fully saturated rings. The van der Waals surface area contributed by atoms with Crippen molar-refractivity contribution in [1.82, 2.24) is 14.8 Å². The van der Waals surface area contributed by atoms with Crippen molar-refractivity contribution >= 4 is 27.5 Å². The summed E-state index contributed by atoms with van der Waals surface area (Å²) in [6, 6.07) is 3.50. The average molecular weight is 391 g/mol. The second-order valence-electron chi connectivity index (χ2n) is 5.08. The molecular formula is C14H14BrF3N4O. The summed E-state index contributed by atoms with van der Waals surface area (Å²) in [5, 5.41) is 4.20. The van der Waals surface area contributed by atoms with Crippen molar-refractivity contribution < 1.29 is 18.0 Å². The lowest BCUT2D eigenvalue weighted by Crippen LogP contribution is -2.33. The summed E-state index contributed by atoms with van der Waals surface area (Å²) >= 11 is 3.23. The van der Waals surface area contributed by atoms with Gasteiger partial charge in [-0.2, -0.15) is 18.3 Å². The fraction of sp³-hybridized carbons (Fsp3) is 0.357. The van der Waals surface area contributed by atoms with Crippen LogP contribution in [-0.4, -0.2) is 33.9 Å². The maximum absolute atomic E-state index is 12.4. The van der Waals surface area contributed by atoms with Gasteiger partial charge in [-0.25, -0.2) is 4.68 Å². The van der Waals surface area contributed by atoms with Gasteiger partial charge in [0, 0.05) is 19.2 Å². The number of aromatic nitrogens is 3. The molecule has 2 rings (SSSR count). The number of alkyl halides is 3. The molecule has 1 atom stereocenters. The molecule has 0 aliphatic heterocycles. The maximum atomic E-state index is 12.4. The normalized spacial score (nSPS) is 13.0. The second-order valence-corrected chi connectivity index (χ2v) is 5.83. The lowest BCUT2D eigenvalue weighted by atomic mass is 10.1. The molecule has 1 amide bonds. The van der Waals surface area contributed by atoms with E-state index in [1.165, 1.54) is 23.6 Å². The number of nitrogens with zero attached hydrogens (tertiary/aromatic N) is 4. The summed E-state index contributed by atoms with van der Waals surface area (Å²) in [6.45, 7) is 1.26. The van der Waals surface area contributed by atoms with Gasteiger partial charge < -0.3 is 4.90 Å². The van der Waals surface area contributed by atoms with E-state index in [9.17, 15) is 18.0 Å². The quantitative estimate of drug-likeness (QED) is 0.801. The van der Waals surface area contributed by atoms with E-state index in [2.05, 4.69) is 26.0 Å². The number of anilines is 1. The lowest BCUT2D eigenvalue weighted by Gasteiger charge is -2.21. The van der Waals surface area contributed by atoms with Crippen LogP contribution in [0.5, 0.6) is 0 Å². The molecule has 2 aromatic rings. The first-order valence-corrected chi connectivity index (χ1v) is 7.48. The Bertz CT molecular complexity index is 687. The standard InChI is InChI=1S/C14H14BrF3N4O/c1-9(6-14(16,17)18)13(23)21(2)11-8-22(20-12(11)15)10-4-3-5-19-7-10/h3-5,7-9H,6H2,1-2H3. The summed E-state index contributed by atoms with van der Waals surface area (Å²) in [4.78, 5) is 17.3. The SMILES string of the molecule is CC(CC(F)(F)F)C(=O)N(C)c1cn(-c2cccnc2)nc1Br. The lowest BCUT2D eigenvalue weighted by molar-refractivity contribution is -0.151. The van der Waals surface area contributed by atoms with Crippen LogP contribution in [0.3, 0.4) is 0 Å². The van der Waals surface area contributed by atoms with Crippen LogP contribution in [0.1, 0.15) is 13.3 Å². The number of carbonyl (C=O) groups is 1. The van der Waals surface area contributed by atoms with Crippen molar-refractivity contribution in [3.63, 3.8) is 0 Å². The van der Waals surface area contributed by atoms with E-state index >= 15 is 0 Å². The van der Waals surface area contributed by atoms with Crippen molar-refractivity contribution in [3.05, 3.63) is 35.3 Å². The highest BCUT2D eigenvalue weighted by Crippen LogP contribution is 2.29. The third-order valence-corrected chi connectivity index (χ3v) is 3.78. The Balaban J connectivity index is 2.21. The monoisotopic (exact) mass is 390 g/mol. The van der Waals surface area contributed by atoms with Gasteiger partial charge in [0.2, 0.25) is 5.91 Å². The highest BCUT2D eigenvalue weighted by atomic mass is 79.9. The van der Waals surface area contributed by atoms with E-state index in [1.807, 2.05) is 0 Å². The number of hydrogen-bond donors (Lipinski definition) is 0. The van der Waals surface area contributed by atoms with Gasteiger partial charge in [-0.3, -0.25) is 9.78 Å². The first-order valence-electron chi connectivity index (χ1n) is 6.69. The molecule has 0 saturated carbocycles. The largest absolute Gasteiger partial charge is 0.389 e. The van der Waals surface area contributed by atoms with Crippen LogP contribution in [-0.2, 0) is 4.79 Å². The smallest absolute Gasteiger partial charge is 0.311 e. The predicted molar refractivity (Wildman–Crippen MR) is 82.3 cm³/mol. The molecule has 2 heterocycles. The van der Waals surface area contributed by atoms with Crippen LogP contribution >= 0.6 is 15.9 Å². The van der Waals surface area contributed by atoms with Gasteiger partial charge in [0.15, 0.2) is 4.60 Å². The number of halogens is 4. The van der Waals surface area contributed by atoms with E-state index in [-0.39, 0.29) is 0 Å². The zero-order valence-electron chi connectivity index (χ0n) is 12.4. The summed E-state index contributed by atoms with van der Waals surface area (Å²) in [6.07, 6.45) is -0.800. The van der Waals surface area contributed by atoms with E-state index in [0.717, 1.165) is 0 Å². The molecule has 0 aliphatic carbocycles. The highest BCUT2D eigenvalue weighted by Gasteiger charge is 2.34. The molecule has 0 aliphatic rings. The van der Waals surface area contributed by atoms with Crippen LogP contribution in [0, 0.1) is 5.92 Å². The van der Waals surface area contributed by atoms with E-state index in [0.29, 0.717) is 16.0 Å². The van der Waals surface area contributed by atoms with Crippen LogP contribution in [0.4, 0.5) is 18.9 Å². The number of rotatable bonds is 4. The van der Waals surface area contributed by atoms with Gasteiger partial charge >= 0.3 is 6.18 Å². The first kappa shape index (κ1) is 17.5. The van der Waals surface area contributed by atoms with Crippen molar-refractivity contribution in [1.29, 1.82) is 0 Å². The molecule has 0 saturated heterocycles. The predicted octanol–water partition coefficient (Wildman–Crippen LogP) is 3.58. The topological polar surface area (TPSA) is 51.0 Å². The molecule has 23 heavy (non-hydrogen) atoms. The van der Waals surface area contributed by atoms with Gasteiger partial charge in [0.05, 0.1) is 30.2 Å². The van der Waals surface area contributed by atoms with Crippen molar-refractivity contribution in [2.45, 2.75) is 19.5 Å². The zero-order chi connectivity index (χ0) is 17.2. The second kappa shape index (κ2) is 6.69. The van der Waals surface area contributed by atoms with Gasteiger partial charge in [-0.1, -0.05) is 6.92 Å². The number of pyridine rings is 1. The molecule has 1 unspecified atom stereocenters. The minimum atomic E-state index is -4.38. The summed E-state index contributed by atoms with van der Waals surface area (Å²) < 4.78 is 39.1. The molecular weight excluding hydrogens is 377 g/mol. The Labute approximate surface area is 139 Å². The van der Waals surface area contributed by atoms with Crippen molar-refractivity contribution in [2.24, 2.45) is 5.92 Å². The molecule has 0 radical (unpaired) electrons. The molecule has 0 N–H and O–H groups in total. The highest BCUT2D eigenvalue weighted by molar-refractivity contribution is 9.10. The van der Waals surface area contributed by atoms with E-state index < -0.39 is 24.4 Å². The average Bonchev–Trinajstić information content (AvgIpc) is 2.87. The van der Waals surface area contributed by atoms with Crippen LogP contribution in [0.2, 0.25) is 0 Å². The van der Waals surface area contributed by atoms with Crippen LogP contribution < -0.4 is 4.90 Å². The van der Waals surface area contributed by atoms with Gasteiger partial charge in [-0.15, -0.1) is 0 Å². The Morgan fingerprint density at radius 1 is 1.48 bits per heavy atom. The van der Waals surface area contributed by atoms with Gasteiger partial charge in [0.25, 0.3) is 0 Å². The third kappa shape index (κ3) is 4.31. The molecule has 0 bridgehead atoms. The Kier molecular flexibility index (Phi) is 5.08. The number of carbonyl (C=O) groups excluding carboxylic acids is 1. The van der Waals surface area contributed by atoms with E-state index in [1.54, 1.807) is 30.7 Å². The van der Waals surface area contributed by atoms with Crippen molar-refractivity contribution in [2.75, 3.05) is 11.9 Å². The summed E-state index contributed by atoms with van der Waals surface area (Å²) in [5.41, 5.74) is 1.05. The third-order valence-electron chi connectivity index (χ3n) is 3.21. The van der Waals surface area contributed by atoms with Crippen LogP contribution in [0.25, 0.3) is 5.69 Å². The zero-order valence-corrected chi connectivity index (χ0v) is 14.0. The minimum absolute atomic E-state index is 0.358. The van der Waals surface area contributed by atoms with Crippen molar-refractivity contribution in [3.8, 4) is 5.69 Å². The summed E-state index contributed by atoms with van der Waals surface area (Å²) in [7, 11) is 1.42. The molecule has 9 heteroatoms. The van der Waals surface area contributed by atoms with Gasteiger partial charge in [-0.05, 0) is 28.1 Å². The Hall–Kier alpha value is -1.90. The van der Waals surface area contributed by atoms with Gasteiger partial charge in [0.1, 0.15) is 0 Å². The summed E-state index contributed by atoms with van der Waals surface area (Å²) in [5.74, 6) is -1.80. The fourth-order valence-corrected chi connectivity index (χ4v) is 2.61. The maximum Gasteiger partial charge on any atom is 0.389 e. The molecule has 2 aromatic heterocycles. The first-order chi connectivity index (χ1) is 10.7. The molecule has 5 nitrogen and oxygen atoms in total. The fourth-order valence-electron chi connectivity index (χ4n) is 2.07.